The molecule has 0 saturated heterocycles. The second-order valence-corrected chi connectivity index (χ2v) is 10.5. The van der Waals surface area contributed by atoms with Crippen LogP contribution in [-0.2, 0) is 57.2 Å². The number of esters is 6. The first-order valence-corrected chi connectivity index (χ1v) is 15.9. The van der Waals surface area contributed by atoms with Crippen LogP contribution in [0.5, 0.6) is 0 Å². The second-order valence-electron chi connectivity index (χ2n) is 10.5. The van der Waals surface area contributed by atoms with Gasteiger partial charge in [-0.15, -0.1) is 38.5 Å². The van der Waals surface area contributed by atoms with Crippen LogP contribution in [0.1, 0.15) is 50.3 Å². The van der Waals surface area contributed by atoms with Crippen molar-refractivity contribution in [1.82, 2.24) is 16.0 Å². The van der Waals surface area contributed by atoms with E-state index in [0.717, 1.165) is 18.2 Å². The third kappa shape index (κ3) is 17.5. The highest BCUT2D eigenvalue weighted by molar-refractivity contribution is 6.07. The van der Waals surface area contributed by atoms with Crippen LogP contribution in [0.4, 0.5) is 0 Å². The highest BCUT2D eigenvalue weighted by Crippen LogP contribution is 2.15. The third-order valence-electron chi connectivity index (χ3n) is 6.44. The minimum atomic E-state index is -1.76. The van der Waals surface area contributed by atoms with Gasteiger partial charge in [0.1, 0.15) is 18.1 Å². The molecule has 0 radical (unpaired) electrons. The van der Waals surface area contributed by atoms with Crippen molar-refractivity contribution in [2.24, 2.45) is 0 Å². The molecule has 57 heavy (non-hydrogen) atoms. The van der Waals surface area contributed by atoms with Gasteiger partial charge in [-0.3, -0.25) is 28.8 Å². The Morgan fingerprint density at radius 3 is 0.825 bits per heavy atom. The molecule has 0 aliphatic rings. The lowest BCUT2D eigenvalue weighted by Crippen LogP contribution is -2.45. The number of nitrogens with one attached hydrogen (secondary N) is 3. The van der Waals surface area contributed by atoms with Crippen molar-refractivity contribution in [1.29, 1.82) is 0 Å². The third-order valence-corrected chi connectivity index (χ3v) is 6.44. The lowest BCUT2D eigenvalue weighted by atomic mass is 10.0. The number of terminal acetylenes is 6. The summed E-state index contributed by atoms with van der Waals surface area (Å²) in [6, 6.07) is -2.67. The predicted molar refractivity (Wildman–Crippen MR) is 193 cm³/mol. The Morgan fingerprint density at radius 1 is 0.404 bits per heavy atom. The monoisotopic (exact) mass is 783 g/mol. The van der Waals surface area contributed by atoms with Gasteiger partial charge in [-0.25, -0.2) is 14.4 Å². The molecule has 0 aromatic heterocycles. The molecule has 0 aliphatic carbocycles. The van der Waals surface area contributed by atoms with Crippen LogP contribution in [0.2, 0.25) is 0 Å². The maximum atomic E-state index is 13.6. The fraction of sp³-hybridized carbons (Fsp3) is 0.308. The number of benzene rings is 1. The quantitative estimate of drug-likeness (QED) is 0.0708. The van der Waals surface area contributed by atoms with Crippen LogP contribution in [0.3, 0.4) is 0 Å². The smallest absolute Gasteiger partial charge is 0.330 e. The summed E-state index contributed by atoms with van der Waals surface area (Å²) in [7, 11) is 0. The molecule has 0 aliphatic heterocycles. The molecule has 1 aromatic rings. The minimum absolute atomic E-state index is 0.480. The van der Waals surface area contributed by atoms with Crippen molar-refractivity contribution in [2.45, 2.75) is 37.4 Å². The molecule has 0 unspecified atom stereocenters. The summed E-state index contributed by atoms with van der Waals surface area (Å²) in [5.41, 5.74) is -1.67. The molecule has 3 atom stereocenters. The van der Waals surface area contributed by atoms with E-state index in [1.807, 2.05) is 35.5 Å². The van der Waals surface area contributed by atoms with E-state index in [9.17, 15) is 43.2 Å². The lowest BCUT2D eigenvalue weighted by Gasteiger charge is -2.19. The second kappa shape index (κ2) is 25.7. The van der Waals surface area contributed by atoms with E-state index in [2.05, 4.69) is 16.0 Å². The van der Waals surface area contributed by atoms with E-state index in [0.29, 0.717) is 0 Å². The topological polar surface area (TPSA) is 245 Å². The van der Waals surface area contributed by atoms with Crippen molar-refractivity contribution in [3.8, 4) is 74.1 Å². The fourth-order valence-electron chi connectivity index (χ4n) is 4.01. The maximum absolute atomic E-state index is 13.6. The van der Waals surface area contributed by atoms with Crippen molar-refractivity contribution in [3.63, 3.8) is 0 Å². The molecule has 3 amide bonds. The van der Waals surface area contributed by atoms with Crippen LogP contribution in [0.25, 0.3) is 0 Å². The zero-order valence-corrected chi connectivity index (χ0v) is 29.9. The van der Waals surface area contributed by atoms with Crippen LogP contribution >= 0.6 is 0 Å². The predicted octanol–water partition coefficient (Wildman–Crippen LogP) is -1.79. The van der Waals surface area contributed by atoms with Crippen molar-refractivity contribution in [3.05, 3.63) is 34.9 Å². The normalized spacial score (nSPS) is 11.1. The Bertz CT molecular complexity index is 1740. The Morgan fingerprint density at radius 2 is 0.614 bits per heavy atom. The van der Waals surface area contributed by atoms with E-state index < -0.39 is 147 Å². The lowest BCUT2D eigenvalue weighted by molar-refractivity contribution is -0.151. The zero-order valence-electron chi connectivity index (χ0n) is 29.9. The van der Waals surface area contributed by atoms with Crippen LogP contribution < -0.4 is 16.0 Å². The van der Waals surface area contributed by atoms with Crippen molar-refractivity contribution in [2.75, 3.05) is 39.6 Å². The number of amides is 3. The van der Waals surface area contributed by atoms with Gasteiger partial charge in [0.05, 0.1) is 19.3 Å². The van der Waals surface area contributed by atoms with Crippen LogP contribution in [0, 0.1) is 74.1 Å². The summed E-state index contributed by atoms with van der Waals surface area (Å²) in [6.07, 6.45) is 28.2. The Balaban J connectivity index is 3.78. The van der Waals surface area contributed by atoms with Gasteiger partial charge in [0.2, 0.25) is 0 Å². The molecule has 1 rings (SSSR count). The van der Waals surface area contributed by atoms with E-state index in [4.69, 9.17) is 67.0 Å². The van der Waals surface area contributed by atoms with Gasteiger partial charge in [0.15, 0.2) is 39.6 Å². The van der Waals surface area contributed by atoms with E-state index in [1.165, 1.54) is 0 Å². The van der Waals surface area contributed by atoms with Gasteiger partial charge >= 0.3 is 35.8 Å². The summed E-state index contributed by atoms with van der Waals surface area (Å²) < 4.78 is 28.8. The van der Waals surface area contributed by atoms with Gasteiger partial charge in [-0.1, -0.05) is 35.5 Å². The average Bonchev–Trinajstić information content (AvgIpc) is 3.20. The molecule has 1 aromatic carbocycles. The average molecular weight is 784 g/mol. The summed E-state index contributed by atoms with van der Waals surface area (Å²) in [5.74, 6) is 1.87. The first kappa shape index (κ1) is 46.8. The Labute approximate surface area is 326 Å². The van der Waals surface area contributed by atoms with Crippen LogP contribution in [-0.4, -0.2) is 111 Å². The fourth-order valence-corrected chi connectivity index (χ4v) is 4.01. The standard InChI is InChI=1S/C39H33N3O15/c1-7-13-52-31(43)22-28(37(49)55-16-10-4)40-34(46)25-19-26(35(47)41-29(38(50)56-17-11-5)23-32(44)53-14-8-2)21-27(20-25)36(48)42-30(39(51)57-18-12-6)24-33(45)54-15-9-3/h1-6,19-21,28-30H,13-18,22-24H2,(H,40,46)(H,41,47)(H,42,48)/t28-,29-,30-/m0/s1. The van der Waals surface area contributed by atoms with Gasteiger partial charge in [0, 0.05) is 16.7 Å². The molecule has 294 valence electrons. The molecule has 0 fully saturated rings. The number of hydrogen-bond acceptors (Lipinski definition) is 15. The van der Waals surface area contributed by atoms with Crippen molar-refractivity contribution < 1.29 is 71.6 Å². The SMILES string of the molecule is C#CCOC(=O)C[C@H](NC(=O)c1cc(C(=O)N[C@@H](CC(=O)OCC#C)C(=O)OCC#C)cc(C(=O)N[C@@H](CC(=O)OCC#C)C(=O)OCC#C)c1)C(=O)OCC#C. The number of carbonyl (C=O) groups excluding carboxylic acids is 9. The van der Waals surface area contributed by atoms with Gasteiger partial charge in [-0.2, -0.15) is 0 Å². The Hall–Kier alpha value is -8.19. The maximum Gasteiger partial charge on any atom is 0.330 e. The first-order chi connectivity index (χ1) is 27.2. The van der Waals surface area contributed by atoms with Gasteiger partial charge in [0.25, 0.3) is 17.7 Å². The number of rotatable bonds is 21. The number of carbonyl (C=O) groups is 9. The van der Waals surface area contributed by atoms with E-state index in [-0.39, 0.29) is 0 Å². The molecular weight excluding hydrogens is 750 g/mol. The largest absolute Gasteiger partial charge is 0.452 e. The summed E-state index contributed by atoms with van der Waals surface area (Å²) in [5, 5.41) is 6.60. The van der Waals surface area contributed by atoms with Gasteiger partial charge in [-0.05, 0) is 18.2 Å². The molecular formula is C39H33N3O15. The molecule has 0 bridgehead atoms. The molecule has 18 nitrogen and oxygen atoms in total. The molecule has 3 N–H and O–H groups in total. The molecule has 0 spiro atoms. The summed E-state index contributed by atoms with van der Waals surface area (Å²) >= 11 is 0. The van der Waals surface area contributed by atoms with E-state index >= 15 is 0 Å². The highest BCUT2D eigenvalue weighted by atomic mass is 16.6. The first-order valence-electron chi connectivity index (χ1n) is 15.9. The highest BCUT2D eigenvalue weighted by Gasteiger charge is 2.31. The molecule has 0 saturated carbocycles. The van der Waals surface area contributed by atoms with Crippen molar-refractivity contribution >= 4 is 53.5 Å². The van der Waals surface area contributed by atoms with E-state index in [1.54, 1.807) is 0 Å². The summed E-state index contributed by atoms with van der Waals surface area (Å²) in [6.45, 7) is -3.13. The summed E-state index contributed by atoms with van der Waals surface area (Å²) in [4.78, 5) is 116. The molecule has 0 heterocycles. The number of ether oxygens (including phenoxy) is 6. The van der Waals surface area contributed by atoms with Crippen LogP contribution in [0.15, 0.2) is 18.2 Å². The Kier molecular flexibility index (Phi) is 21.1. The minimum Gasteiger partial charge on any atom is -0.452 e. The number of hydrogen-bond donors (Lipinski definition) is 3. The zero-order chi connectivity index (χ0) is 42.8. The van der Waals surface area contributed by atoms with Gasteiger partial charge < -0.3 is 44.4 Å². The molecule has 18 heteroatoms.